The molecule has 0 spiro atoms. The van der Waals surface area contributed by atoms with E-state index in [0.29, 0.717) is 6.42 Å². The Balaban J connectivity index is 4.93. The normalized spacial score (nSPS) is 16.8. The molecular formula is C10H17NO2. The average molecular weight is 183 g/mol. The molecule has 0 radical (unpaired) electrons. The molecule has 0 fully saturated rings. The first kappa shape index (κ1) is 12.0. The van der Waals surface area contributed by atoms with Crippen LogP contribution >= 0.6 is 0 Å². The van der Waals surface area contributed by atoms with Gasteiger partial charge >= 0.3 is 5.97 Å². The van der Waals surface area contributed by atoms with Crippen LogP contribution in [-0.4, -0.2) is 13.1 Å². The highest BCUT2D eigenvalue weighted by Gasteiger charge is 2.42. The predicted octanol–water partition coefficient (Wildman–Crippen LogP) is 2.13. The van der Waals surface area contributed by atoms with Crippen LogP contribution in [0.3, 0.4) is 0 Å². The first-order valence-corrected chi connectivity index (χ1v) is 4.58. The van der Waals surface area contributed by atoms with Crippen LogP contribution in [0.1, 0.15) is 33.6 Å². The van der Waals surface area contributed by atoms with Crippen LogP contribution in [-0.2, 0) is 9.53 Å². The minimum atomic E-state index is -0.955. The Morgan fingerprint density at radius 2 is 2.15 bits per heavy atom. The van der Waals surface area contributed by atoms with Crippen molar-refractivity contribution in [2.24, 2.45) is 11.3 Å². The molecule has 0 saturated carbocycles. The van der Waals surface area contributed by atoms with E-state index in [0.717, 1.165) is 6.42 Å². The van der Waals surface area contributed by atoms with E-state index in [4.69, 9.17) is 5.26 Å². The zero-order valence-electron chi connectivity index (χ0n) is 8.76. The summed E-state index contributed by atoms with van der Waals surface area (Å²) in [6.45, 7) is 5.71. The van der Waals surface area contributed by atoms with Crippen molar-refractivity contribution >= 4 is 5.97 Å². The zero-order chi connectivity index (χ0) is 10.5. The number of hydrogen-bond acceptors (Lipinski definition) is 3. The smallest absolute Gasteiger partial charge is 0.326 e. The number of esters is 1. The summed E-state index contributed by atoms with van der Waals surface area (Å²) in [6.07, 6.45) is 1.31. The zero-order valence-corrected chi connectivity index (χ0v) is 8.76. The van der Waals surface area contributed by atoms with Gasteiger partial charge in [0.15, 0.2) is 5.41 Å². The summed E-state index contributed by atoms with van der Waals surface area (Å²) in [5.74, 6) is -0.373. The van der Waals surface area contributed by atoms with Crippen molar-refractivity contribution in [1.82, 2.24) is 0 Å². The Bertz CT molecular complexity index is 219. The second kappa shape index (κ2) is 4.86. The molecule has 2 atom stereocenters. The Labute approximate surface area is 79.7 Å². The number of methoxy groups -OCH3 is 1. The molecule has 13 heavy (non-hydrogen) atoms. The summed E-state index contributed by atoms with van der Waals surface area (Å²) < 4.78 is 4.66. The van der Waals surface area contributed by atoms with Gasteiger partial charge in [0.25, 0.3) is 0 Å². The van der Waals surface area contributed by atoms with Crippen LogP contribution < -0.4 is 0 Å². The Morgan fingerprint density at radius 3 is 2.38 bits per heavy atom. The van der Waals surface area contributed by atoms with Gasteiger partial charge in [-0.1, -0.05) is 27.2 Å². The van der Waals surface area contributed by atoms with E-state index in [9.17, 15) is 4.79 Å². The third-order valence-electron chi connectivity index (χ3n) is 2.76. The lowest BCUT2D eigenvalue weighted by molar-refractivity contribution is -0.152. The molecule has 0 amide bonds. The average Bonchev–Trinajstić information content (AvgIpc) is 2.19. The van der Waals surface area contributed by atoms with Crippen molar-refractivity contribution in [3.8, 4) is 6.07 Å². The van der Waals surface area contributed by atoms with Crippen LogP contribution in [0, 0.1) is 22.7 Å². The lowest BCUT2D eigenvalue weighted by atomic mass is 9.74. The van der Waals surface area contributed by atoms with Gasteiger partial charge < -0.3 is 4.74 Å². The molecule has 0 heterocycles. The first-order chi connectivity index (χ1) is 6.08. The second-order valence-electron chi connectivity index (χ2n) is 3.24. The van der Waals surface area contributed by atoms with Crippen LogP contribution in [0.5, 0.6) is 0 Å². The lowest BCUT2D eigenvalue weighted by Crippen LogP contribution is -2.36. The second-order valence-corrected chi connectivity index (χ2v) is 3.24. The van der Waals surface area contributed by atoms with Crippen molar-refractivity contribution < 1.29 is 9.53 Å². The minimum absolute atomic E-state index is 0.0370. The molecule has 0 unspecified atom stereocenters. The number of nitrogens with zero attached hydrogens (tertiary/aromatic N) is 1. The van der Waals surface area contributed by atoms with E-state index in [1.54, 1.807) is 0 Å². The summed E-state index contributed by atoms with van der Waals surface area (Å²) in [6, 6.07) is 2.09. The molecule has 0 N–H and O–H groups in total. The third-order valence-corrected chi connectivity index (χ3v) is 2.76. The molecule has 0 bridgehead atoms. The van der Waals surface area contributed by atoms with E-state index in [1.165, 1.54) is 7.11 Å². The van der Waals surface area contributed by atoms with E-state index < -0.39 is 11.4 Å². The van der Waals surface area contributed by atoms with E-state index in [-0.39, 0.29) is 5.92 Å². The van der Waals surface area contributed by atoms with E-state index in [1.807, 2.05) is 20.8 Å². The van der Waals surface area contributed by atoms with Gasteiger partial charge in [0.2, 0.25) is 0 Å². The minimum Gasteiger partial charge on any atom is -0.468 e. The van der Waals surface area contributed by atoms with Crippen LogP contribution in [0.25, 0.3) is 0 Å². The summed E-state index contributed by atoms with van der Waals surface area (Å²) in [5.41, 5.74) is -0.955. The van der Waals surface area contributed by atoms with Crippen molar-refractivity contribution in [2.45, 2.75) is 33.6 Å². The molecule has 0 aromatic rings. The van der Waals surface area contributed by atoms with Crippen LogP contribution in [0.4, 0.5) is 0 Å². The lowest BCUT2D eigenvalue weighted by Gasteiger charge is -2.27. The maximum absolute atomic E-state index is 11.5. The fraction of sp³-hybridized carbons (Fsp3) is 0.800. The molecule has 0 aliphatic heterocycles. The molecule has 0 rings (SSSR count). The van der Waals surface area contributed by atoms with Gasteiger partial charge in [-0.15, -0.1) is 0 Å². The summed E-state index contributed by atoms with van der Waals surface area (Å²) in [4.78, 5) is 11.5. The third kappa shape index (κ3) is 2.00. The summed E-state index contributed by atoms with van der Waals surface area (Å²) >= 11 is 0. The van der Waals surface area contributed by atoms with Gasteiger partial charge in [-0.3, -0.25) is 4.79 Å². The SMILES string of the molecule is CC[C@@H](C)[C@](C#N)(CC)C(=O)OC. The fourth-order valence-corrected chi connectivity index (χ4v) is 1.46. The van der Waals surface area contributed by atoms with Gasteiger partial charge in [0.1, 0.15) is 0 Å². The van der Waals surface area contributed by atoms with E-state index in [2.05, 4.69) is 10.8 Å². The largest absolute Gasteiger partial charge is 0.468 e. The molecular weight excluding hydrogens is 166 g/mol. The fourth-order valence-electron chi connectivity index (χ4n) is 1.46. The van der Waals surface area contributed by atoms with Crippen molar-refractivity contribution in [1.29, 1.82) is 5.26 Å². The first-order valence-electron chi connectivity index (χ1n) is 4.58. The Hall–Kier alpha value is -1.04. The van der Waals surface area contributed by atoms with Crippen molar-refractivity contribution in [3.05, 3.63) is 0 Å². The summed E-state index contributed by atoms with van der Waals surface area (Å²) in [7, 11) is 1.33. The number of nitriles is 1. The van der Waals surface area contributed by atoms with Gasteiger partial charge in [-0.2, -0.15) is 5.26 Å². The number of hydrogen-bond donors (Lipinski definition) is 0. The number of carbonyl (C=O) groups is 1. The van der Waals surface area contributed by atoms with Gasteiger partial charge in [-0.25, -0.2) is 0 Å². The number of ether oxygens (including phenoxy) is 1. The highest BCUT2D eigenvalue weighted by atomic mass is 16.5. The van der Waals surface area contributed by atoms with Crippen molar-refractivity contribution in [3.63, 3.8) is 0 Å². The number of rotatable bonds is 4. The Morgan fingerprint density at radius 1 is 1.62 bits per heavy atom. The number of carbonyl (C=O) groups excluding carboxylic acids is 1. The van der Waals surface area contributed by atoms with Gasteiger partial charge in [0, 0.05) is 0 Å². The highest BCUT2D eigenvalue weighted by molar-refractivity contribution is 5.80. The monoisotopic (exact) mass is 183 g/mol. The van der Waals surface area contributed by atoms with E-state index >= 15 is 0 Å². The van der Waals surface area contributed by atoms with Gasteiger partial charge in [-0.05, 0) is 12.3 Å². The predicted molar refractivity (Wildman–Crippen MR) is 49.8 cm³/mol. The highest BCUT2D eigenvalue weighted by Crippen LogP contribution is 2.34. The van der Waals surface area contributed by atoms with Gasteiger partial charge in [0.05, 0.1) is 13.2 Å². The molecule has 0 aliphatic carbocycles. The standard InChI is InChI=1S/C10H17NO2/c1-5-8(3)10(6-2,7-11)9(12)13-4/h8H,5-6H2,1-4H3/t8-,10-/m1/s1. The summed E-state index contributed by atoms with van der Waals surface area (Å²) in [5, 5.41) is 9.03. The van der Waals surface area contributed by atoms with Crippen molar-refractivity contribution in [2.75, 3.05) is 7.11 Å². The molecule has 3 heteroatoms. The van der Waals surface area contributed by atoms with Crippen LogP contribution in [0.15, 0.2) is 0 Å². The molecule has 74 valence electrons. The molecule has 3 nitrogen and oxygen atoms in total. The quantitative estimate of drug-likeness (QED) is 0.627. The molecule has 0 aromatic carbocycles. The maximum Gasteiger partial charge on any atom is 0.326 e. The molecule has 0 saturated heterocycles. The molecule has 0 aliphatic rings. The molecule has 0 aromatic heterocycles. The Kier molecular flexibility index (Phi) is 4.47. The van der Waals surface area contributed by atoms with Crippen LogP contribution in [0.2, 0.25) is 0 Å². The maximum atomic E-state index is 11.5. The topological polar surface area (TPSA) is 50.1 Å².